The molecule has 1 aliphatic heterocycles. The zero-order valence-corrected chi connectivity index (χ0v) is 15.8. The Bertz CT molecular complexity index is 1070. The first-order valence-electron chi connectivity index (χ1n) is 9.44. The van der Waals surface area contributed by atoms with Crippen LogP contribution < -0.4 is 15.8 Å². The van der Waals surface area contributed by atoms with Gasteiger partial charge in [-0.05, 0) is 48.2 Å². The van der Waals surface area contributed by atoms with Gasteiger partial charge in [0.25, 0.3) is 5.56 Å². The van der Waals surface area contributed by atoms with Crippen LogP contribution in [0.25, 0.3) is 10.9 Å². The van der Waals surface area contributed by atoms with Crippen LogP contribution in [0.5, 0.6) is 0 Å². The van der Waals surface area contributed by atoms with Gasteiger partial charge in [0.15, 0.2) is 0 Å². The Morgan fingerprint density at radius 1 is 1.14 bits per heavy atom. The van der Waals surface area contributed by atoms with Gasteiger partial charge in [0, 0.05) is 24.2 Å². The van der Waals surface area contributed by atoms with Crippen LogP contribution in [0.4, 0.5) is 11.4 Å². The third-order valence-electron chi connectivity index (χ3n) is 4.99. The number of aryl methyl sites for hydroxylation is 1. The lowest BCUT2D eigenvalue weighted by Crippen LogP contribution is -2.36. The number of ether oxygens (including phenoxy) is 1. The summed E-state index contributed by atoms with van der Waals surface area (Å²) in [5, 5.41) is 3.97. The van der Waals surface area contributed by atoms with E-state index in [9.17, 15) is 9.59 Å². The van der Waals surface area contributed by atoms with Gasteiger partial charge < -0.3 is 19.9 Å². The second-order valence-corrected chi connectivity index (χ2v) is 7.04. The van der Waals surface area contributed by atoms with Crippen LogP contribution in [0.15, 0.2) is 53.3 Å². The van der Waals surface area contributed by atoms with Crippen LogP contribution in [-0.4, -0.2) is 37.2 Å². The molecular weight excluding hydrogens is 354 g/mol. The average molecular weight is 377 g/mol. The minimum atomic E-state index is -0.0855. The van der Waals surface area contributed by atoms with Gasteiger partial charge in [-0.15, -0.1) is 0 Å². The Morgan fingerprint density at radius 2 is 1.93 bits per heavy atom. The Hall–Kier alpha value is -3.12. The molecule has 6 nitrogen and oxygen atoms in total. The van der Waals surface area contributed by atoms with Crippen LogP contribution >= 0.6 is 0 Å². The highest BCUT2D eigenvalue weighted by molar-refractivity contribution is 5.96. The number of benzene rings is 2. The number of fused-ring (bicyclic) bond motifs is 1. The van der Waals surface area contributed by atoms with E-state index >= 15 is 0 Å². The van der Waals surface area contributed by atoms with Gasteiger partial charge in [-0.3, -0.25) is 9.59 Å². The Morgan fingerprint density at radius 3 is 2.75 bits per heavy atom. The van der Waals surface area contributed by atoms with E-state index in [4.69, 9.17) is 4.74 Å². The second-order valence-electron chi connectivity index (χ2n) is 7.04. The minimum absolute atomic E-state index is 0.0683. The molecule has 4 rings (SSSR count). The number of aromatic nitrogens is 1. The summed E-state index contributed by atoms with van der Waals surface area (Å²) in [6, 6.07) is 15.4. The van der Waals surface area contributed by atoms with Crippen LogP contribution in [0.3, 0.4) is 0 Å². The number of carbonyl (C=O) groups excluding carboxylic acids is 1. The van der Waals surface area contributed by atoms with Crippen molar-refractivity contribution in [3.63, 3.8) is 0 Å². The summed E-state index contributed by atoms with van der Waals surface area (Å²) < 4.78 is 5.42. The molecule has 1 fully saturated rings. The number of H-pyrrole nitrogens is 1. The van der Waals surface area contributed by atoms with E-state index in [1.54, 1.807) is 6.92 Å². The monoisotopic (exact) mass is 377 g/mol. The number of anilines is 2. The van der Waals surface area contributed by atoms with Gasteiger partial charge in [-0.2, -0.15) is 0 Å². The van der Waals surface area contributed by atoms with Gasteiger partial charge in [-0.25, -0.2) is 0 Å². The first-order chi connectivity index (χ1) is 13.6. The topological polar surface area (TPSA) is 74.4 Å². The van der Waals surface area contributed by atoms with E-state index in [1.807, 2.05) is 48.5 Å². The number of amides is 1. The van der Waals surface area contributed by atoms with Crippen molar-refractivity contribution in [2.24, 2.45) is 0 Å². The highest BCUT2D eigenvalue weighted by Gasteiger charge is 2.16. The molecule has 0 atom stereocenters. The number of nitrogens with one attached hydrogen (secondary N) is 2. The molecule has 6 heteroatoms. The van der Waals surface area contributed by atoms with E-state index in [0.717, 1.165) is 40.9 Å². The van der Waals surface area contributed by atoms with Crippen LogP contribution in [0.1, 0.15) is 11.1 Å². The van der Waals surface area contributed by atoms with Crippen LogP contribution in [0.2, 0.25) is 0 Å². The molecule has 2 aromatic carbocycles. The maximum atomic E-state index is 12.7. The van der Waals surface area contributed by atoms with Crippen molar-refractivity contribution in [2.75, 3.05) is 36.5 Å². The molecule has 28 heavy (non-hydrogen) atoms. The first kappa shape index (κ1) is 18.3. The average Bonchev–Trinajstić information content (AvgIpc) is 2.70. The number of para-hydroxylation sites is 2. The molecule has 0 bridgehead atoms. The number of nitrogens with zero attached hydrogens (tertiary/aromatic N) is 1. The van der Waals surface area contributed by atoms with Crippen molar-refractivity contribution in [3.8, 4) is 0 Å². The van der Waals surface area contributed by atoms with Crippen molar-refractivity contribution < 1.29 is 9.53 Å². The predicted octanol–water partition coefficient (Wildman–Crippen LogP) is 2.85. The quantitative estimate of drug-likeness (QED) is 0.733. The molecule has 0 unspecified atom stereocenters. The van der Waals surface area contributed by atoms with Crippen molar-refractivity contribution in [3.05, 3.63) is 70.0 Å². The SMILES string of the molecule is Cc1cc2cc(CC(=O)Nc3ccccc3N3CCOCC3)ccc2[nH]c1=O. The standard InChI is InChI=1S/C22H23N3O3/c1-15-12-17-13-16(6-7-18(17)24-22(15)27)14-21(26)23-19-4-2-3-5-20(19)25-8-10-28-11-9-25/h2-7,12-13H,8-11,14H2,1H3,(H,23,26)(H,24,27). The molecule has 1 aliphatic rings. The van der Waals surface area contributed by atoms with Gasteiger partial charge >= 0.3 is 0 Å². The zero-order chi connectivity index (χ0) is 19.5. The Balaban J connectivity index is 1.51. The summed E-state index contributed by atoms with van der Waals surface area (Å²) in [6.07, 6.45) is 0.269. The molecule has 0 spiro atoms. The van der Waals surface area contributed by atoms with Gasteiger partial charge in [-0.1, -0.05) is 18.2 Å². The number of pyridine rings is 1. The van der Waals surface area contributed by atoms with Gasteiger partial charge in [0.05, 0.1) is 31.0 Å². The summed E-state index contributed by atoms with van der Waals surface area (Å²) in [7, 11) is 0. The Labute approximate surface area is 163 Å². The number of aromatic amines is 1. The van der Waals surface area contributed by atoms with Crippen molar-refractivity contribution in [1.82, 2.24) is 4.98 Å². The predicted molar refractivity (Wildman–Crippen MR) is 111 cm³/mol. The largest absolute Gasteiger partial charge is 0.378 e. The van der Waals surface area contributed by atoms with Crippen LogP contribution in [-0.2, 0) is 16.0 Å². The summed E-state index contributed by atoms with van der Waals surface area (Å²) >= 11 is 0. The molecular formula is C22H23N3O3. The summed E-state index contributed by atoms with van der Waals surface area (Å²) in [5.74, 6) is -0.0683. The molecule has 144 valence electrons. The number of morpholine rings is 1. The fraction of sp³-hybridized carbons (Fsp3) is 0.273. The van der Waals surface area contributed by atoms with Crippen molar-refractivity contribution >= 4 is 28.2 Å². The first-order valence-corrected chi connectivity index (χ1v) is 9.44. The highest BCUT2D eigenvalue weighted by Crippen LogP contribution is 2.26. The van der Waals surface area contributed by atoms with Crippen LogP contribution in [0, 0.1) is 6.92 Å². The van der Waals surface area contributed by atoms with Gasteiger partial charge in [0.2, 0.25) is 5.91 Å². The lowest BCUT2D eigenvalue weighted by Gasteiger charge is -2.30. The number of rotatable bonds is 4. The molecule has 1 amide bonds. The summed E-state index contributed by atoms with van der Waals surface area (Å²) in [6.45, 7) is 4.80. The summed E-state index contributed by atoms with van der Waals surface area (Å²) in [4.78, 5) is 29.5. The molecule has 2 N–H and O–H groups in total. The van der Waals surface area contributed by atoms with Crippen molar-refractivity contribution in [1.29, 1.82) is 0 Å². The molecule has 0 radical (unpaired) electrons. The normalized spacial score (nSPS) is 14.2. The minimum Gasteiger partial charge on any atom is -0.378 e. The molecule has 0 aliphatic carbocycles. The second kappa shape index (κ2) is 7.86. The summed E-state index contributed by atoms with van der Waals surface area (Å²) in [5.41, 5.74) is 4.09. The molecule has 2 heterocycles. The maximum Gasteiger partial charge on any atom is 0.251 e. The lowest BCUT2D eigenvalue weighted by molar-refractivity contribution is -0.115. The number of hydrogen-bond acceptors (Lipinski definition) is 4. The smallest absolute Gasteiger partial charge is 0.251 e. The fourth-order valence-corrected chi connectivity index (χ4v) is 3.51. The molecule has 3 aromatic rings. The number of hydrogen-bond donors (Lipinski definition) is 2. The van der Waals surface area contributed by atoms with Crippen molar-refractivity contribution in [2.45, 2.75) is 13.3 Å². The molecule has 0 saturated carbocycles. The lowest BCUT2D eigenvalue weighted by atomic mass is 10.1. The van der Waals surface area contributed by atoms with E-state index in [1.165, 1.54) is 0 Å². The maximum absolute atomic E-state index is 12.7. The highest BCUT2D eigenvalue weighted by atomic mass is 16.5. The third kappa shape index (κ3) is 3.92. The zero-order valence-electron chi connectivity index (χ0n) is 15.8. The van der Waals surface area contributed by atoms with E-state index in [2.05, 4.69) is 15.2 Å². The van der Waals surface area contributed by atoms with Gasteiger partial charge in [0.1, 0.15) is 0 Å². The van der Waals surface area contributed by atoms with E-state index < -0.39 is 0 Å². The Kier molecular flexibility index (Phi) is 5.12. The molecule has 1 aromatic heterocycles. The van der Waals surface area contributed by atoms with E-state index in [-0.39, 0.29) is 17.9 Å². The fourth-order valence-electron chi connectivity index (χ4n) is 3.51. The molecule has 1 saturated heterocycles. The third-order valence-corrected chi connectivity index (χ3v) is 4.99. The number of carbonyl (C=O) groups is 1. The van der Waals surface area contributed by atoms with E-state index in [0.29, 0.717) is 18.8 Å².